The van der Waals surface area contributed by atoms with E-state index in [1.807, 2.05) is 0 Å². The molecule has 0 heterocycles. The van der Waals surface area contributed by atoms with Crippen molar-refractivity contribution in [3.8, 4) is 0 Å². The highest BCUT2D eigenvalue weighted by Gasteiger charge is 2.30. The molecule has 1 rings (SSSR count). The summed E-state index contributed by atoms with van der Waals surface area (Å²) in [5.41, 5.74) is 0. The van der Waals surface area contributed by atoms with E-state index in [4.69, 9.17) is 5.11 Å². The second kappa shape index (κ2) is 8.67. The Bertz CT molecular complexity index is 255. The van der Waals surface area contributed by atoms with Gasteiger partial charge < -0.3 is 14.6 Å². The maximum Gasteiger partial charge on any atom is 0.330 e. The highest BCUT2D eigenvalue weighted by molar-refractivity contribution is 5.81. The fraction of sp³-hybridized carbons (Fsp3) is 0.455. The van der Waals surface area contributed by atoms with E-state index in [2.05, 4.69) is 22.6 Å². The van der Waals surface area contributed by atoms with E-state index in [-0.39, 0.29) is 25.1 Å². The lowest BCUT2D eigenvalue weighted by molar-refractivity contribution is -0.140. The molecular formula is C11H16O5. The lowest BCUT2D eigenvalue weighted by Crippen LogP contribution is -2.04. The molecule has 1 aliphatic carbocycles. The monoisotopic (exact) mass is 228 g/mol. The minimum Gasteiger partial charge on any atom is -0.460 e. The molecule has 0 spiro atoms. The second-order valence-electron chi connectivity index (χ2n) is 2.97. The van der Waals surface area contributed by atoms with E-state index in [0.717, 1.165) is 18.9 Å². The summed E-state index contributed by atoms with van der Waals surface area (Å²) in [4.78, 5) is 20.6. The predicted octanol–water partition coefficient (Wildman–Crippen LogP) is 0.791. The van der Waals surface area contributed by atoms with Crippen molar-refractivity contribution < 1.29 is 24.2 Å². The quantitative estimate of drug-likeness (QED) is 0.428. The number of carbonyl (C=O) groups excluding carboxylic acids is 2. The van der Waals surface area contributed by atoms with Crippen molar-refractivity contribution in [1.29, 1.82) is 0 Å². The van der Waals surface area contributed by atoms with Crippen LogP contribution >= 0.6 is 0 Å². The maximum absolute atomic E-state index is 10.5. The molecule has 0 radical (unpaired) electrons. The standard InChI is InChI=1S/C6H8O2.C5H8O3/c1-2-8-6(7)5-3-4-5;1-2-5(7)8-4-3-6/h2,5H,1,3-4H2;2,6H,1,3-4H2. The summed E-state index contributed by atoms with van der Waals surface area (Å²) in [5.74, 6) is -0.438. The first kappa shape index (κ1) is 14.4. The maximum atomic E-state index is 10.5. The Balaban J connectivity index is 0.000000281. The molecule has 0 saturated heterocycles. The molecule has 1 fully saturated rings. The van der Waals surface area contributed by atoms with Gasteiger partial charge in [-0.25, -0.2) is 4.79 Å². The highest BCUT2D eigenvalue weighted by atomic mass is 16.5. The van der Waals surface area contributed by atoms with Crippen LogP contribution < -0.4 is 0 Å². The van der Waals surface area contributed by atoms with Crippen LogP contribution in [0.1, 0.15) is 12.8 Å². The summed E-state index contributed by atoms with van der Waals surface area (Å²) in [6.45, 7) is 6.33. The Morgan fingerprint density at radius 2 is 2.00 bits per heavy atom. The van der Waals surface area contributed by atoms with Gasteiger partial charge in [0.15, 0.2) is 0 Å². The Hall–Kier alpha value is -1.62. The van der Waals surface area contributed by atoms with Crippen LogP contribution in [0.3, 0.4) is 0 Å². The summed E-state index contributed by atoms with van der Waals surface area (Å²) in [7, 11) is 0. The van der Waals surface area contributed by atoms with Gasteiger partial charge in [-0.05, 0) is 12.8 Å². The average Bonchev–Trinajstić information content (AvgIpc) is 3.11. The van der Waals surface area contributed by atoms with E-state index < -0.39 is 5.97 Å². The molecule has 0 unspecified atom stereocenters. The van der Waals surface area contributed by atoms with E-state index >= 15 is 0 Å². The molecule has 16 heavy (non-hydrogen) atoms. The van der Waals surface area contributed by atoms with E-state index in [1.165, 1.54) is 6.26 Å². The van der Waals surface area contributed by atoms with Crippen LogP contribution in [0.5, 0.6) is 0 Å². The minimum atomic E-state index is -0.501. The molecule has 1 aliphatic rings. The predicted molar refractivity (Wildman–Crippen MR) is 57.3 cm³/mol. The zero-order valence-corrected chi connectivity index (χ0v) is 9.05. The first-order valence-corrected chi connectivity index (χ1v) is 4.87. The molecular weight excluding hydrogens is 212 g/mol. The topological polar surface area (TPSA) is 72.8 Å². The first-order valence-electron chi connectivity index (χ1n) is 4.87. The van der Waals surface area contributed by atoms with Gasteiger partial charge in [-0.1, -0.05) is 13.2 Å². The van der Waals surface area contributed by atoms with Gasteiger partial charge in [0.05, 0.1) is 18.8 Å². The van der Waals surface area contributed by atoms with Gasteiger partial charge in [0.2, 0.25) is 0 Å². The normalized spacial score (nSPS) is 12.8. The molecule has 0 bridgehead atoms. The van der Waals surface area contributed by atoms with Crippen molar-refractivity contribution in [2.75, 3.05) is 13.2 Å². The molecule has 0 amide bonds. The Morgan fingerprint density at radius 3 is 2.38 bits per heavy atom. The zero-order chi connectivity index (χ0) is 12.4. The van der Waals surface area contributed by atoms with Gasteiger partial charge in [-0.15, -0.1) is 0 Å². The van der Waals surface area contributed by atoms with E-state index in [1.54, 1.807) is 0 Å². The summed E-state index contributed by atoms with van der Waals surface area (Å²) >= 11 is 0. The van der Waals surface area contributed by atoms with Crippen LogP contribution in [-0.2, 0) is 19.1 Å². The van der Waals surface area contributed by atoms with Gasteiger partial charge >= 0.3 is 11.9 Å². The first-order chi connectivity index (χ1) is 7.65. The Morgan fingerprint density at radius 1 is 1.38 bits per heavy atom. The van der Waals surface area contributed by atoms with Crippen molar-refractivity contribution in [2.45, 2.75) is 12.8 Å². The third-order valence-electron chi connectivity index (χ3n) is 1.61. The molecule has 1 saturated carbocycles. The van der Waals surface area contributed by atoms with Gasteiger partial charge in [-0.2, -0.15) is 0 Å². The average molecular weight is 228 g/mol. The summed E-state index contributed by atoms with van der Waals surface area (Å²) in [5, 5.41) is 8.10. The van der Waals surface area contributed by atoms with Crippen molar-refractivity contribution in [1.82, 2.24) is 0 Å². The van der Waals surface area contributed by atoms with Crippen LogP contribution in [0, 0.1) is 5.92 Å². The van der Waals surface area contributed by atoms with Gasteiger partial charge in [-0.3, -0.25) is 4.79 Å². The lowest BCUT2D eigenvalue weighted by Gasteiger charge is -1.94. The highest BCUT2D eigenvalue weighted by Crippen LogP contribution is 2.29. The number of ether oxygens (including phenoxy) is 2. The lowest BCUT2D eigenvalue weighted by atomic mass is 10.4. The third-order valence-corrected chi connectivity index (χ3v) is 1.61. The molecule has 0 aromatic rings. The number of aliphatic hydroxyl groups excluding tert-OH is 1. The number of esters is 2. The van der Waals surface area contributed by atoms with Crippen molar-refractivity contribution >= 4 is 11.9 Å². The molecule has 1 N–H and O–H groups in total. The van der Waals surface area contributed by atoms with E-state index in [9.17, 15) is 9.59 Å². The van der Waals surface area contributed by atoms with Gasteiger partial charge in [0.1, 0.15) is 6.61 Å². The molecule has 0 aliphatic heterocycles. The fourth-order valence-electron chi connectivity index (χ4n) is 0.703. The van der Waals surface area contributed by atoms with Gasteiger partial charge in [0, 0.05) is 6.08 Å². The molecule has 0 aromatic heterocycles. The Labute approximate surface area is 94.4 Å². The van der Waals surface area contributed by atoms with Crippen LogP contribution in [0.4, 0.5) is 0 Å². The molecule has 5 heteroatoms. The van der Waals surface area contributed by atoms with Crippen molar-refractivity contribution in [3.05, 3.63) is 25.5 Å². The van der Waals surface area contributed by atoms with Crippen molar-refractivity contribution in [2.24, 2.45) is 5.92 Å². The molecule has 0 atom stereocenters. The number of aliphatic hydroxyl groups is 1. The molecule has 0 aromatic carbocycles. The number of carbonyl (C=O) groups is 2. The molecule has 90 valence electrons. The fourth-order valence-corrected chi connectivity index (χ4v) is 0.703. The van der Waals surface area contributed by atoms with Crippen molar-refractivity contribution in [3.63, 3.8) is 0 Å². The van der Waals surface area contributed by atoms with Crippen LogP contribution in [0.15, 0.2) is 25.5 Å². The second-order valence-corrected chi connectivity index (χ2v) is 2.97. The zero-order valence-electron chi connectivity index (χ0n) is 9.05. The summed E-state index contributed by atoms with van der Waals surface area (Å²) in [6, 6.07) is 0. The summed E-state index contributed by atoms with van der Waals surface area (Å²) in [6.07, 6.45) is 4.22. The number of hydrogen-bond donors (Lipinski definition) is 1. The van der Waals surface area contributed by atoms with Crippen LogP contribution in [-0.4, -0.2) is 30.3 Å². The minimum absolute atomic E-state index is 0.0465. The SMILES string of the molecule is C=CC(=O)OCCO.C=COC(=O)C1CC1. The molecule has 5 nitrogen and oxygen atoms in total. The van der Waals surface area contributed by atoms with Crippen LogP contribution in [0.2, 0.25) is 0 Å². The van der Waals surface area contributed by atoms with E-state index in [0.29, 0.717) is 0 Å². The smallest absolute Gasteiger partial charge is 0.330 e. The largest absolute Gasteiger partial charge is 0.460 e. The van der Waals surface area contributed by atoms with Crippen LogP contribution in [0.25, 0.3) is 0 Å². The Kier molecular flexibility index (Phi) is 7.79. The van der Waals surface area contributed by atoms with Gasteiger partial charge in [0.25, 0.3) is 0 Å². The third kappa shape index (κ3) is 7.75. The number of hydrogen-bond acceptors (Lipinski definition) is 5. The number of rotatable bonds is 5. The summed E-state index contributed by atoms with van der Waals surface area (Å²) < 4.78 is 8.82.